The number of aliphatic carboxylic acids is 1. The van der Waals surface area contributed by atoms with Crippen molar-refractivity contribution in [3.63, 3.8) is 0 Å². The Bertz CT molecular complexity index is 574. The van der Waals surface area contributed by atoms with Gasteiger partial charge < -0.3 is 15.8 Å². The molecule has 2 aromatic rings. The van der Waals surface area contributed by atoms with E-state index in [-0.39, 0.29) is 6.42 Å². The number of benzene rings is 1. The number of nitrogens with one attached hydrogen (secondary N) is 1. The Morgan fingerprint density at radius 2 is 2.24 bits per heavy atom. The first-order valence-electron chi connectivity index (χ1n) is 5.28. The molecular formula is C13H14N2O2. The molecule has 88 valence electrons. The van der Waals surface area contributed by atoms with Crippen molar-refractivity contribution >= 4 is 16.9 Å². The summed E-state index contributed by atoms with van der Waals surface area (Å²) in [6.07, 6.45) is 3.28. The topological polar surface area (TPSA) is 79.1 Å². The third-order valence-corrected chi connectivity index (χ3v) is 2.92. The lowest BCUT2D eigenvalue weighted by molar-refractivity contribution is -0.141. The van der Waals surface area contributed by atoms with E-state index in [0.29, 0.717) is 0 Å². The quantitative estimate of drug-likeness (QED) is 0.699. The third kappa shape index (κ3) is 1.94. The van der Waals surface area contributed by atoms with Gasteiger partial charge in [-0.05, 0) is 11.6 Å². The van der Waals surface area contributed by atoms with E-state index in [0.717, 1.165) is 16.5 Å². The van der Waals surface area contributed by atoms with Gasteiger partial charge in [0.2, 0.25) is 0 Å². The summed E-state index contributed by atoms with van der Waals surface area (Å²) in [5, 5.41) is 10.1. The lowest BCUT2D eigenvalue weighted by atomic mass is 9.92. The van der Waals surface area contributed by atoms with E-state index in [9.17, 15) is 4.79 Å². The van der Waals surface area contributed by atoms with Crippen molar-refractivity contribution < 1.29 is 9.90 Å². The van der Waals surface area contributed by atoms with E-state index in [1.165, 1.54) is 6.08 Å². The number of carbonyl (C=O) groups is 1. The SMILES string of the molecule is C=CC(N)(Cc1c[nH]c2ccccc12)C(=O)O. The minimum Gasteiger partial charge on any atom is -0.480 e. The Hall–Kier alpha value is -2.07. The number of aromatic nitrogens is 1. The Morgan fingerprint density at radius 3 is 2.88 bits per heavy atom. The number of carboxylic acid groups (broad SMARTS) is 1. The Labute approximate surface area is 98.8 Å². The van der Waals surface area contributed by atoms with Crippen molar-refractivity contribution in [2.75, 3.05) is 0 Å². The number of hydrogen-bond donors (Lipinski definition) is 3. The Morgan fingerprint density at radius 1 is 1.53 bits per heavy atom. The average Bonchev–Trinajstić information content (AvgIpc) is 2.72. The fourth-order valence-electron chi connectivity index (χ4n) is 1.83. The summed E-state index contributed by atoms with van der Waals surface area (Å²) < 4.78 is 0. The maximum Gasteiger partial charge on any atom is 0.328 e. The van der Waals surface area contributed by atoms with Crippen LogP contribution in [0.4, 0.5) is 0 Å². The highest BCUT2D eigenvalue weighted by molar-refractivity contribution is 5.86. The molecule has 1 aromatic carbocycles. The number of rotatable bonds is 4. The average molecular weight is 230 g/mol. The molecule has 1 heterocycles. The monoisotopic (exact) mass is 230 g/mol. The minimum atomic E-state index is -1.43. The molecule has 4 nitrogen and oxygen atoms in total. The third-order valence-electron chi connectivity index (χ3n) is 2.92. The molecule has 0 aliphatic heterocycles. The van der Waals surface area contributed by atoms with Gasteiger partial charge in [0.25, 0.3) is 0 Å². The minimum absolute atomic E-state index is 0.218. The zero-order valence-electron chi connectivity index (χ0n) is 9.31. The summed E-state index contributed by atoms with van der Waals surface area (Å²) >= 11 is 0. The summed E-state index contributed by atoms with van der Waals surface area (Å²) in [6, 6.07) is 7.70. The number of nitrogens with two attached hydrogens (primary N) is 1. The zero-order valence-corrected chi connectivity index (χ0v) is 9.31. The van der Waals surface area contributed by atoms with E-state index in [2.05, 4.69) is 11.6 Å². The van der Waals surface area contributed by atoms with Gasteiger partial charge in [0.05, 0.1) is 0 Å². The lowest BCUT2D eigenvalue weighted by Crippen LogP contribution is -2.47. The molecule has 17 heavy (non-hydrogen) atoms. The van der Waals surface area contributed by atoms with Crippen molar-refractivity contribution in [3.8, 4) is 0 Å². The number of carboxylic acids is 1. The first kappa shape index (κ1) is 11.4. The molecule has 4 N–H and O–H groups in total. The first-order valence-corrected chi connectivity index (χ1v) is 5.28. The second kappa shape index (κ2) is 4.07. The molecule has 0 saturated carbocycles. The van der Waals surface area contributed by atoms with Crippen LogP contribution in [0.5, 0.6) is 0 Å². The van der Waals surface area contributed by atoms with E-state index in [4.69, 9.17) is 10.8 Å². The van der Waals surface area contributed by atoms with Gasteiger partial charge in [-0.1, -0.05) is 24.3 Å². The number of hydrogen-bond acceptors (Lipinski definition) is 2. The van der Waals surface area contributed by atoms with Gasteiger partial charge >= 0.3 is 5.97 Å². The number of aromatic amines is 1. The highest BCUT2D eigenvalue weighted by Crippen LogP contribution is 2.22. The Kier molecular flexibility index (Phi) is 2.73. The van der Waals surface area contributed by atoms with Gasteiger partial charge in [-0.2, -0.15) is 0 Å². The van der Waals surface area contributed by atoms with Crippen LogP contribution in [0.1, 0.15) is 5.56 Å². The van der Waals surface area contributed by atoms with Crippen LogP contribution in [-0.4, -0.2) is 21.6 Å². The molecule has 0 radical (unpaired) electrons. The normalized spacial score (nSPS) is 14.4. The molecule has 1 atom stereocenters. The second-order valence-electron chi connectivity index (χ2n) is 4.09. The van der Waals surface area contributed by atoms with Crippen LogP contribution in [-0.2, 0) is 11.2 Å². The summed E-state index contributed by atoms with van der Waals surface area (Å²) in [5.41, 5.74) is 6.22. The Balaban J connectivity index is 2.42. The highest BCUT2D eigenvalue weighted by Gasteiger charge is 2.31. The number of para-hydroxylation sites is 1. The molecule has 4 heteroatoms. The summed E-state index contributed by atoms with van der Waals surface area (Å²) in [7, 11) is 0. The van der Waals surface area contributed by atoms with E-state index in [1.54, 1.807) is 6.20 Å². The zero-order chi connectivity index (χ0) is 12.5. The van der Waals surface area contributed by atoms with Crippen LogP contribution in [0.15, 0.2) is 43.1 Å². The lowest BCUT2D eigenvalue weighted by Gasteiger charge is -2.19. The second-order valence-corrected chi connectivity index (χ2v) is 4.09. The first-order chi connectivity index (χ1) is 8.07. The molecular weight excluding hydrogens is 216 g/mol. The summed E-state index contributed by atoms with van der Waals surface area (Å²) in [5.74, 6) is -1.07. The molecule has 0 amide bonds. The smallest absolute Gasteiger partial charge is 0.328 e. The molecule has 0 bridgehead atoms. The van der Waals surface area contributed by atoms with Crippen LogP contribution in [0, 0.1) is 0 Å². The van der Waals surface area contributed by atoms with E-state index >= 15 is 0 Å². The standard InChI is InChI=1S/C13H14N2O2/c1-2-13(14,12(16)17)7-9-8-15-11-6-4-3-5-10(9)11/h2-6,8,15H,1,7,14H2,(H,16,17). The van der Waals surface area contributed by atoms with Gasteiger partial charge in [0.1, 0.15) is 5.54 Å². The predicted molar refractivity (Wildman–Crippen MR) is 66.8 cm³/mol. The maximum atomic E-state index is 11.1. The van der Waals surface area contributed by atoms with Gasteiger partial charge in [0, 0.05) is 23.5 Å². The van der Waals surface area contributed by atoms with Crippen LogP contribution < -0.4 is 5.73 Å². The molecule has 1 aromatic heterocycles. The molecule has 2 rings (SSSR count). The van der Waals surface area contributed by atoms with Crippen molar-refractivity contribution in [2.24, 2.45) is 5.73 Å². The van der Waals surface area contributed by atoms with Crippen molar-refractivity contribution in [1.82, 2.24) is 4.98 Å². The molecule has 0 spiro atoms. The molecule has 0 aliphatic carbocycles. The fraction of sp³-hybridized carbons (Fsp3) is 0.154. The van der Waals surface area contributed by atoms with Gasteiger partial charge in [0.15, 0.2) is 0 Å². The van der Waals surface area contributed by atoms with Gasteiger partial charge in [-0.3, -0.25) is 0 Å². The summed E-state index contributed by atoms with van der Waals surface area (Å²) in [4.78, 5) is 14.2. The highest BCUT2D eigenvalue weighted by atomic mass is 16.4. The molecule has 0 saturated heterocycles. The number of fused-ring (bicyclic) bond motifs is 1. The molecule has 0 fully saturated rings. The maximum absolute atomic E-state index is 11.1. The summed E-state index contributed by atoms with van der Waals surface area (Å²) in [6.45, 7) is 3.50. The van der Waals surface area contributed by atoms with Crippen LogP contribution in [0.2, 0.25) is 0 Å². The van der Waals surface area contributed by atoms with Gasteiger partial charge in [-0.15, -0.1) is 6.58 Å². The molecule has 1 unspecified atom stereocenters. The van der Waals surface area contributed by atoms with Crippen LogP contribution >= 0.6 is 0 Å². The predicted octanol–water partition coefficient (Wildman–Crippen LogP) is 1.68. The van der Waals surface area contributed by atoms with E-state index in [1.807, 2.05) is 24.3 Å². The van der Waals surface area contributed by atoms with Crippen molar-refractivity contribution in [3.05, 3.63) is 48.7 Å². The van der Waals surface area contributed by atoms with Crippen LogP contribution in [0.25, 0.3) is 10.9 Å². The van der Waals surface area contributed by atoms with Crippen molar-refractivity contribution in [1.29, 1.82) is 0 Å². The van der Waals surface area contributed by atoms with Gasteiger partial charge in [-0.25, -0.2) is 4.79 Å². The fourth-order valence-corrected chi connectivity index (χ4v) is 1.83. The van der Waals surface area contributed by atoms with Crippen molar-refractivity contribution in [2.45, 2.75) is 12.0 Å². The largest absolute Gasteiger partial charge is 0.480 e. The van der Waals surface area contributed by atoms with Crippen LogP contribution in [0.3, 0.4) is 0 Å². The van der Waals surface area contributed by atoms with E-state index < -0.39 is 11.5 Å². The number of H-pyrrole nitrogens is 1. The molecule has 0 aliphatic rings.